The van der Waals surface area contributed by atoms with Crippen molar-refractivity contribution in [2.75, 3.05) is 6.61 Å². The van der Waals surface area contributed by atoms with E-state index in [2.05, 4.69) is 0 Å². The number of Topliss-reactive ketones (excluding diaryl/α,β-unsaturated/α-hetero) is 2. The zero-order chi connectivity index (χ0) is 15.2. The van der Waals surface area contributed by atoms with Crippen molar-refractivity contribution in [3.8, 4) is 0 Å². The number of carbonyl (C=O) groups excluding carboxylic acids is 2. The van der Waals surface area contributed by atoms with E-state index in [0.29, 0.717) is 6.42 Å². The van der Waals surface area contributed by atoms with Gasteiger partial charge in [0, 0.05) is 18.3 Å². The van der Waals surface area contributed by atoms with Gasteiger partial charge in [-0.1, -0.05) is 28.2 Å². The van der Waals surface area contributed by atoms with Crippen molar-refractivity contribution in [1.29, 1.82) is 0 Å². The van der Waals surface area contributed by atoms with Crippen molar-refractivity contribution in [2.24, 2.45) is 17.3 Å². The number of carboxylic acids is 1. The third-order valence-electron chi connectivity index (χ3n) is 2.98. The summed E-state index contributed by atoms with van der Waals surface area (Å²) in [6.45, 7) is 6.75. The van der Waals surface area contributed by atoms with Gasteiger partial charge in [0.2, 0.25) is 0 Å². The van der Waals surface area contributed by atoms with E-state index in [1.54, 1.807) is 0 Å². The highest BCUT2D eigenvalue weighted by Gasteiger charge is 2.29. The van der Waals surface area contributed by atoms with Crippen molar-refractivity contribution >= 4 is 17.5 Å². The van der Waals surface area contributed by atoms with Crippen LogP contribution in [-0.2, 0) is 14.4 Å². The number of hydrogen-bond acceptors (Lipinski definition) is 4. The molecule has 0 aromatic carbocycles. The van der Waals surface area contributed by atoms with Crippen molar-refractivity contribution < 1.29 is 24.6 Å². The van der Waals surface area contributed by atoms with Crippen LogP contribution in [0.15, 0.2) is 0 Å². The summed E-state index contributed by atoms with van der Waals surface area (Å²) in [4.78, 5) is 34.1. The van der Waals surface area contributed by atoms with E-state index in [-0.39, 0.29) is 43.9 Å². The van der Waals surface area contributed by atoms with Crippen LogP contribution in [0.3, 0.4) is 0 Å². The second kappa shape index (κ2) is 8.84. The van der Waals surface area contributed by atoms with Gasteiger partial charge in [0.15, 0.2) is 0 Å². The molecule has 0 rings (SSSR count). The normalized spacial score (nSPS) is 14.1. The van der Waals surface area contributed by atoms with Crippen molar-refractivity contribution in [3.05, 3.63) is 0 Å². The van der Waals surface area contributed by atoms with E-state index in [1.807, 2.05) is 20.8 Å². The molecule has 0 spiro atoms. The van der Waals surface area contributed by atoms with Crippen LogP contribution in [0.25, 0.3) is 0 Å². The molecule has 20 heavy (non-hydrogen) atoms. The summed E-state index contributed by atoms with van der Waals surface area (Å²) in [5, 5.41) is 17.9. The first kappa shape index (κ1) is 21.1. The Kier molecular flexibility index (Phi) is 9.32. The molecule has 0 saturated heterocycles. The predicted molar refractivity (Wildman–Crippen MR) is 77.4 cm³/mol. The standard InChI is InChI=1S/C14H24O5.CH4/c1-9(16)11(8-15)5-12(17)10(6-13(18)19)7-14(2,3)4;/h10-11,15H,5-8H2,1-4H3,(H,18,19);1H4. The fraction of sp³-hybridized carbons (Fsp3) is 0.800. The molecule has 0 aliphatic heterocycles. The van der Waals surface area contributed by atoms with Crippen LogP contribution >= 0.6 is 0 Å². The summed E-state index contributed by atoms with van der Waals surface area (Å²) < 4.78 is 0. The number of rotatable bonds is 8. The molecule has 0 aliphatic carbocycles. The lowest BCUT2D eigenvalue weighted by Crippen LogP contribution is -2.28. The molecule has 0 saturated carbocycles. The zero-order valence-corrected chi connectivity index (χ0v) is 12.1. The second-order valence-corrected chi connectivity index (χ2v) is 6.22. The molecular weight excluding hydrogens is 260 g/mol. The van der Waals surface area contributed by atoms with E-state index >= 15 is 0 Å². The van der Waals surface area contributed by atoms with Gasteiger partial charge < -0.3 is 10.2 Å². The summed E-state index contributed by atoms with van der Waals surface area (Å²) in [6.07, 6.45) is 0.139. The second-order valence-electron chi connectivity index (χ2n) is 6.22. The van der Waals surface area contributed by atoms with Crippen molar-refractivity contribution in [2.45, 2.75) is 54.4 Å². The molecule has 0 fully saturated rings. The largest absolute Gasteiger partial charge is 0.481 e. The van der Waals surface area contributed by atoms with E-state index in [9.17, 15) is 14.4 Å². The van der Waals surface area contributed by atoms with Gasteiger partial charge in [-0.25, -0.2) is 0 Å². The fourth-order valence-corrected chi connectivity index (χ4v) is 2.00. The van der Waals surface area contributed by atoms with Crippen LogP contribution in [0, 0.1) is 17.3 Å². The highest BCUT2D eigenvalue weighted by molar-refractivity contribution is 5.89. The molecule has 0 aromatic rings. The predicted octanol–water partition coefficient (Wildman–Crippen LogP) is 2.31. The Bertz CT molecular complexity index is 341. The van der Waals surface area contributed by atoms with E-state index < -0.39 is 17.8 Å². The molecule has 0 bridgehead atoms. The number of aliphatic hydroxyl groups is 1. The van der Waals surface area contributed by atoms with E-state index in [4.69, 9.17) is 10.2 Å². The van der Waals surface area contributed by atoms with Gasteiger partial charge in [0.1, 0.15) is 11.6 Å². The van der Waals surface area contributed by atoms with E-state index in [0.717, 1.165) is 0 Å². The Morgan fingerprint density at radius 3 is 1.85 bits per heavy atom. The minimum Gasteiger partial charge on any atom is -0.481 e. The number of aliphatic hydroxyl groups excluding tert-OH is 1. The molecule has 5 heteroatoms. The van der Waals surface area contributed by atoms with E-state index in [1.165, 1.54) is 6.92 Å². The third-order valence-corrected chi connectivity index (χ3v) is 2.98. The van der Waals surface area contributed by atoms with Crippen LogP contribution in [0.4, 0.5) is 0 Å². The Labute approximate surface area is 121 Å². The van der Waals surface area contributed by atoms with Gasteiger partial charge in [0.05, 0.1) is 13.0 Å². The van der Waals surface area contributed by atoms with Crippen LogP contribution in [0.5, 0.6) is 0 Å². The van der Waals surface area contributed by atoms with Crippen molar-refractivity contribution in [1.82, 2.24) is 0 Å². The van der Waals surface area contributed by atoms with Gasteiger partial charge in [0.25, 0.3) is 0 Å². The first-order valence-corrected chi connectivity index (χ1v) is 6.42. The average molecular weight is 288 g/mol. The summed E-state index contributed by atoms with van der Waals surface area (Å²) in [5.41, 5.74) is -0.166. The molecule has 5 nitrogen and oxygen atoms in total. The van der Waals surface area contributed by atoms with Gasteiger partial charge in [-0.05, 0) is 18.8 Å². The molecule has 0 amide bonds. The maximum atomic E-state index is 12.1. The molecule has 2 unspecified atom stereocenters. The van der Waals surface area contributed by atoms with Crippen LogP contribution in [-0.4, -0.2) is 34.4 Å². The van der Waals surface area contributed by atoms with Crippen LogP contribution in [0.1, 0.15) is 54.4 Å². The minimum atomic E-state index is -1.02. The molecule has 0 aliphatic rings. The van der Waals surface area contributed by atoms with Gasteiger partial charge in [-0.2, -0.15) is 0 Å². The first-order chi connectivity index (χ1) is 8.56. The summed E-state index contributed by atoms with van der Waals surface area (Å²) in [6, 6.07) is 0. The van der Waals surface area contributed by atoms with Crippen LogP contribution < -0.4 is 0 Å². The average Bonchev–Trinajstić information content (AvgIpc) is 2.21. The Morgan fingerprint density at radius 2 is 1.55 bits per heavy atom. The number of aliphatic carboxylic acids is 1. The quantitative estimate of drug-likeness (QED) is 0.715. The molecule has 0 radical (unpaired) electrons. The summed E-state index contributed by atoms with van der Waals surface area (Å²) in [7, 11) is 0. The first-order valence-electron chi connectivity index (χ1n) is 6.42. The Morgan fingerprint density at radius 1 is 1.05 bits per heavy atom. The SMILES string of the molecule is C.CC(=O)C(CO)CC(=O)C(CC(=O)O)CC(C)(C)C. The number of carboxylic acid groups (broad SMARTS) is 1. The minimum absolute atomic E-state index is 0. The van der Waals surface area contributed by atoms with Gasteiger partial charge in [-0.3, -0.25) is 14.4 Å². The number of carbonyl (C=O) groups is 3. The Hall–Kier alpha value is -1.23. The van der Waals surface area contributed by atoms with Crippen molar-refractivity contribution in [3.63, 3.8) is 0 Å². The molecule has 2 N–H and O–H groups in total. The monoisotopic (exact) mass is 288 g/mol. The molecule has 118 valence electrons. The summed E-state index contributed by atoms with van der Waals surface area (Å²) in [5.74, 6) is -2.85. The maximum Gasteiger partial charge on any atom is 0.304 e. The maximum absolute atomic E-state index is 12.1. The number of ketones is 2. The summed E-state index contributed by atoms with van der Waals surface area (Å²) >= 11 is 0. The Balaban J connectivity index is 0. The lowest BCUT2D eigenvalue weighted by molar-refractivity contribution is -0.141. The molecule has 0 aromatic heterocycles. The van der Waals surface area contributed by atoms with Gasteiger partial charge >= 0.3 is 5.97 Å². The molecular formula is C15H28O5. The smallest absolute Gasteiger partial charge is 0.304 e. The highest BCUT2D eigenvalue weighted by Crippen LogP contribution is 2.28. The number of hydrogen-bond donors (Lipinski definition) is 2. The van der Waals surface area contributed by atoms with Crippen LogP contribution in [0.2, 0.25) is 0 Å². The molecule has 2 atom stereocenters. The fourth-order valence-electron chi connectivity index (χ4n) is 2.00. The zero-order valence-electron chi connectivity index (χ0n) is 12.1. The highest BCUT2D eigenvalue weighted by atomic mass is 16.4. The van der Waals surface area contributed by atoms with Gasteiger partial charge in [-0.15, -0.1) is 0 Å². The third kappa shape index (κ3) is 8.80. The topological polar surface area (TPSA) is 91.7 Å². The lowest BCUT2D eigenvalue weighted by Gasteiger charge is -2.25. The molecule has 0 heterocycles. The lowest BCUT2D eigenvalue weighted by atomic mass is 9.79.